The van der Waals surface area contributed by atoms with Crippen molar-refractivity contribution in [2.24, 2.45) is 0 Å². The maximum atomic E-state index is 13.0. The van der Waals surface area contributed by atoms with Gasteiger partial charge in [0.1, 0.15) is 0 Å². The van der Waals surface area contributed by atoms with Crippen LogP contribution in [0.25, 0.3) is 0 Å². The molecule has 0 bridgehead atoms. The van der Waals surface area contributed by atoms with Gasteiger partial charge in [0.25, 0.3) is 0 Å². The van der Waals surface area contributed by atoms with Gasteiger partial charge in [-0.3, -0.25) is 0 Å². The quantitative estimate of drug-likeness (QED) is 0.301. The van der Waals surface area contributed by atoms with E-state index < -0.39 is 32.4 Å². The molecule has 11 heteroatoms. The third-order valence-electron chi connectivity index (χ3n) is 2.71. The second-order valence-corrected chi connectivity index (χ2v) is 9.47. The normalized spacial score (nSPS) is 14.8. The standard InChI is InChI=1S/C11H27NO8P2/c1-5-17-21(15,18-6-2)11(9-10-12(13)14)22(16,19-7-3)20-8-4/h11,15,21H,5-10H2,1-4H3. The van der Waals surface area contributed by atoms with E-state index in [0.29, 0.717) is 0 Å². The topological polar surface area (TPSA) is 117 Å². The van der Waals surface area contributed by atoms with Crippen LogP contribution in [0.5, 0.6) is 0 Å². The van der Waals surface area contributed by atoms with E-state index in [1.54, 1.807) is 27.7 Å². The molecular formula is C11H27NO8P2. The first-order valence-corrected chi connectivity index (χ1v) is 10.8. The average molecular weight is 363 g/mol. The van der Waals surface area contributed by atoms with Crippen LogP contribution in [0.1, 0.15) is 34.1 Å². The molecule has 0 saturated carbocycles. The van der Waals surface area contributed by atoms with Crippen molar-refractivity contribution in [2.75, 3.05) is 33.0 Å². The van der Waals surface area contributed by atoms with Gasteiger partial charge in [0.15, 0.2) is 0 Å². The van der Waals surface area contributed by atoms with Gasteiger partial charge in [0, 0.05) is 0 Å². The summed E-state index contributed by atoms with van der Waals surface area (Å²) >= 11 is 0. The van der Waals surface area contributed by atoms with Gasteiger partial charge < -0.3 is 0 Å². The summed E-state index contributed by atoms with van der Waals surface area (Å²) in [5.74, 6) is 0. The van der Waals surface area contributed by atoms with Crippen molar-refractivity contribution in [3.63, 3.8) is 0 Å². The first kappa shape index (κ1) is 21.9. The van der Waals surface area contributed by atoms with E-state index in [0.717, 1.165) is 0 Å². The molecule has 1 N–H and O–H groups in total. The maximum absolute atomic E-state index is 13.0. The van der Waals surface area contributed by atoms with Gasteiger partial charge >= 0.3 is 131 Å². The zero-order chi connectivity index (χ0) is 17.2. The fourth-order valence-corrected chi connectivity index (χ4v) is 7.86. The summed E-state index contributed by atoms with van der Waals surface area (Å²) in [6.07, 6.45) is -0.215. The van der Waals surface area contributed by atoms with Gasteiger partial charge in [-0.15, -0.1) is 0 Å². The molecule has 0 radical (unpaired) electrons. The van der Waals surface area contributed by atoms with Gasteiger partial charge in [0.05, 0.1) is 0 Å². The Morgan fingerprint density at radius 3 is 1.86 bits per heavy atom. The molecule has 0 rings (SSSR count). The first-order chi connectivity index (χ1) is 10.3. The van der Waals surface area contributed by atoms with E-state index in [4.69, 9.17) is 18.1 Å². The van der Waals surface area contributed by atoms with Crippen LogP contribution < -0.4 is 0 Å². The molecule has 134 valence electrons. The van der Waals surface area contributed by atoms with E-state index in [9.17, 15) is 19.6 Å². The Morgan fingerprint density at radius 2 is 1.55 bits per heavy atom. The average Bonchev–Trinajstić information content (AvgIpc) is 2.39. The van der Waals surface area contributed by atoms with Crippen LogP contribution in [0.3, 0.4) is 0 Å². The summed E-state index contributed by atoms with van der Waals surface area (Å²) in [5, 5.41) is 9.49. The fourth-order valence-electron chi connectivity index (χ4n) is 1.99. The van der Waals surface area contributed by atoms with Crippen molar-refractivity contribution in [2.45, 2.75) is 39.5 Å². The van der Waals surface area contributed by atoms with Crippen molar-refractivity contribution in [3.05, 3.63) is 10.1 Å². The molecule has 0 heterocycles. The van der Waals surface area contributed by atoms with Crippen molar-refractivity contribution in [1.29, 1.82) is 0 Å². The van der Waals surface area contributed by atoms with E-state index in [2.05, 4.69) is 0 Å². The predicted molar refractivity (Wildman–Crippen MR) is 84.9 cm³/mol. The molecule has 0 aromatic carbocycles. The second-order valence-electron chi connectivity index (χ2n) is 4.23. The van der Waals surface area contributed by atoms with Crippen LogP contribution >= 0.6 is 15.5 Å². The van der Waals surface area contributed by atoms with Gasteiger partial charge in [-0.1, -0.05) is 0 Å². The van der Waals surface area contributed by atoms with Crippen molar-refractivity contribution >= 4 is 15.5 Å². The molecular weight excluding hydrogens is 336 g/mol. The van der Waals surface area contributed by atoms with Crippen molar-refractivity contribution in [1.82, 2.24) is 0 Å². The van der Waals surface area contributed by atoms with Crippen LogP contribution in [0.4, 0.5) is 0 Å². The van der Waals surface area contributed by atoms with E-state index >= 15 is 0 Å². The summed E-state index contributed by atoms with van der Waals surface area (Å²) in [7, 11) is -7.78. The second kappa shape index (κ2) is 10.6. The number of rotatable bonds is 13. The third kappa shape index (κ3) is 6.54. The van der Waals surface area contributed by atoms with Gasteiger partial charge in [-0.25, -0.2) is 0 Å². The third-order valence-corrected chi connectivity index (χ3v) is 9.43. The van der Waals surface area contributed by atoms with Crippen molar-refractivity contribution in [3.8, 4) is 0 Å². The summed E-state index contributed by atoms with van der Waals surface area (Å²) in [5.41, 5.74) is 0. The summed E-state index contributed by atoms with van der Waals surface area (Å²) < 4.78 is 34.1. The van der Waals surface area contributed by atoms with Crippen LogP contribution in [0.15, 0.2) is 0 Å². The van der Waals surface area contributed by atoms with Gasteiger partial charge in [-0.2, -0.15) is 0 Å². The first-order valence-electron chi connectivity index (χ1n) is 7.30. The Balaban J connectivity index is 5.63. The number of hydrogen-bond acceptors (Lipinski definition) is 8. The zero-order valence-electron chi connectivity index (χ0n) is 13.5. The van der Waals surface area contributed by atoms with Gasteiger partial charge in [0.2, 0.25) is 0 Å². The summed E-state index contributed by atoms with van der Waals surface area (Å²) in [6.45, 7) is 6.44. The SMILES string of the molecule is CCOP(=O)(OCC)C(CC[N+](=O)[O-])[PH](O)(OCC)OCC. The number of nitro groups is 1. The molecule has 1 atom stereocenters. The molecule has 0 aliphatic rings. The van der Waals surface area contributed by atoms with Crippen LogP contribution in [-0.4, -0.2) is 48.2 Å². The summed E-state index contributed by atoms with van der Waals surface area (Å²) in [4.78, 5) is 20.8. The van der Waals surface area contributed by atoms with Crippen LogP contribution in [0.2, 0.25) is 0 Å². The molecule has 0 spiro atoms. The van der Waals surface area contributed by atoms with Crippen LogP contribution in [-0.2, 0) is 22.7 Å². The van der Waals surface area contributed by atoms with Gasteiger partial charge in [-0.05, 0) is 0 Å². The minimum absolute atomic E-state index is 0.0783. The van der Waals surface area contributed by atoms with E-state index in [-0.39, 0.29) is 32.8 Å². The molecule has 1 unspecified atom stereocenters. The number of nitrogens with zero attached hydrogens (tertiary/aromatic N) is 1. The monoisotopic (exact) mass is 363 g/mol. The van der Waals surface area contributed by atoms with E-state index in [1.807, 2.05) is 0 Å². The summed E-state index contributed by atoms with van der Waals surface area (Å²) in [6, 6.07) is 0. The Labute approximate surface area is 131 Å². The molecule has 0 aliphatic carbocycles. The van der Waals surface area contributed by atoms with E-state index in [1.165, 1.54) is 0 Å². The van der Waals surface area contributed by atoms with Crippen molar-refractivity contribution < 1.29 is 32.5 Å². The molecule has 22 heavy (non-hydrogen) atoms. The molecule has 0 aromatic heterocycles. The molecule has 9 nitrogen and oxygen atoms in total. The molecule has 0 amide bonds. The fraction of sp³-hybridized carbons (Fsp3) is 1.00. The Morgan fingerprint density at radius 1 is 1.09 bits per heavy atom. The molecule has 0 aliphatic heterocycles. The number of hydrogen-bond donors (Lipinski definition) is 1. The Bertz CT molecular complexity index is 365. The molecule has 0 saturated heterocycles. The molecule has 0 fully saturated rings. The Hall–Kier alpha value is -0.140. The zero-order valence-corrected chi connectivity index (χ0v) is 15.4. The predicted octanol–water partition coefficient (Wildman–Crippen LogP) is 2.81. The van der Waals surface area contributed by atoms with Crippen LogP contribution in [0, 0.1) is 10.1 Å². The molecule has 0 aromatic rings. The Kier molecular flexibility index (Phi) is 10.5. The minimum atomic E-state index is -3.97.